The molecule has 2 fully saturated rings. The average molecular weight is 594 g/mol. The van der Waals surface area contributed by atoms with Gasteiger partial charge in [-0.3, -0.25) is 13.9 Å². The average Bonchev–Trinajstić information content (AvgIpc) is 3.57. The molecular formula is C25H33FN7O7P. The number of aliphatic hydroxyl groups is 1. The summed E-state index contributed by atoms with van der Waals surface area (Å²) in [6, 6.07) is 7.34. The maximum Gasteiger partial charge on any atom is 0.459 e. The van der Waals surface area contributed by atoms with E-state index >= 15 is 4.39 Å². The molecule has 0 spiro atoms. The summed E-state index contributed by atoms with van der Waals surface area (Å²) in [6.45, 7) is 4.25. The van der Waals surface area contributed by atoms with E-state index in [1.165, 1.54) is 17.8 Å². The van der Waals surface area contributed by atoms with Gasteiger partial charge in [-0.15, -0.1) is 0 Å². The summed E-state index contributed by atoms with van der Waals surface area (Å²) in [5.41, 5.74) is 6.49. The number of benzene rings is 1. The fourth-order valence-corrected chi connectivity index (χ4v) is 5.71. The number of hydrogen-bond acceptors (Lipinski definition) is 12. The first-order chi connectivity index (χ1) is 19.5. The lowest BCUT2D eigenvalue weighted by atomic mass is 10.1. The van der Waals surface area contributed by atoms with Gasteiger partial charge in [-0.2, -0.15) is 15.1 Å². The fraction of sp³-hybridized carbons (Fsp3) is 0.520. The number of hydrogen-bond donors (Lipinski definition) is 4. The second-order valence-corrected chi connectivity index (χ2v) is 11.9. The number of anilines is 2. The third-order valence-corrected chi connectivity index (χ3v) is 8.00. The van der Waals surface area contributed by atoms with Crippen LogP contribution in [0.1, 0.15) is 39.8 Å². The van der Waals surface area contributed by atoms with Gasteiger partial charge in [0.05, 0.1) is 19.0 Å². The molecular weight excluding hydrogens is 560 g/mol. The predicted octanol–water partition coefficient (Wildman–Crippen LogP) is 2.71. The number of nitrogens with zero attached hydrogens (tertiary/aromatic N) is 4. The number of imidazole rings is 1. The lowest BCUT2D eigenvalue weighted by Crippen LogP contribution is -2.37. The van der Waals surface area contributed by atoms with Gasteiger partial charge in [0, 0.05) is 6.04 Å². The Labute approximate surface area is 235 Å². The first-order valence-electron chi connectivity index (χ1n) is 13.2. The number of aliphatic hydroxyl groups excluding tert-OH is 1. The molecule has 3 aromatic rings. The molecule has 0 bridgehead atoms. The molecule has 3 heterocycles. The van der Waals surface area contributed by atoms with Crippen molar-refractivity contribution in [1.82, 2.24) is 24.6 Å². The highest BCUT2D eigenvalue weighted by Gasteiger charge is 2.47. The van der Waals surface area contributed by atoms with Gasteiger partial charge >= 0.3 is 13.7 Å². The number of nitrogen functional groups attached to an aromatic ring is 1. The summed E-state index contributed by atoms with van der Waals surface area (Å²) in [7, 11) is -4.26. The van der Waals surface area contributed by atoms with Crippen LogP contribution in [0.2, 0.25) is 0 Å². The number of rotatable bonds is 12. The standard InChI is InChI=1S/C25H33FN7O7P/c1-13(2)38-24(35)14(3)32-41(36,40-16-7-5-4-6-8-16)37-11-17-20(34)18(26)23(39-17)33-12-28-19-21(29-15-9-10-15)30-25(27)31-22(19)33/h4-8,12-15,17-18,20,23,34H,9-11H2,1-3H3,(H,32,36)(H3,27,29,30,31)/t14-,17+,18-,20+,23+,41?/m0/s1. The number of aromatic nitrogens is 4. The largest absolute Gasteiger partial charge is 0.462 e. The summed E-state index contributed by atoms with van der Waals surface area (Å²) in [5, 5.41) is 16.5. The van der Waals surface area contributed by atoms with Crippen molar-refractivity contribution in [2.24, 2.45) is 0 Å². The van der Waals surface area contributed by atoms with Gasteiger partial charge in [-0.05, 0) is 45.7 Å². The normalized spacial score (nSPS) is 24.7. The summed E-state index contributed by atoms with van der Waals surface area (Å²) >= 11 is 0. The van der Waals surface area contributed by atoms with Crippen molar-refractivity contribution in [3.8, 4) is 5.75 Å². The first kappa shape index (κ1) is 29.1. The molecule has 0 radical (unpaired) electrons. The number of halogens is 1. The van der Waals surface area contributed by atoms with E-state index in [0.29, 0.717) is 11.3 Å². The molecule has 1 saturated carbocycles. The highest BCUT2D eigenvalue weighted by Crippen LogP contribution is 2.46. The van der Waals surface area contributed by atoms with E-state index in [1.807, 2.05) is 0 Å². The van der Waals surface area contributed by atoms with Crippen LogP contribution in [0.5, 0.6) is 5.75 Å². The number of nitrogens with one attached hydrogen (secondary N) is 2. The third kappa shape index (κ3) is 6.76. The summed E-state index contributed by atoms with van der Waals surface area (Å²) in [4.78, 5) is 25.1. The summed E-state index contributed by atoms with van der Waals surface area (Å²) in [6.07, 6.45) is -3.27. The van der Waals surface area contributed by atoms with Gasteiger partial charge in [0.2, 0.25) is 5.95 Å². The number of esters is 1. The van der Waals surface area contributed by atoms with Crippen LogP contribution < -0.4 is 20.7 Å². The van der Waals surface area contributed by atoms with Crippen molar-refractivity contribution in [2.45, 2.75) is 76.4 Å². The number of alkyl halides is 1. The van der Waals surface area contributed by atoms with Crippen LogP contribution in [0.4, 0.5) is 16.2 Å². The van der Waals surface area contributed by atoms with Crippen LogP contribution in [0.15, 0.2) is 36.7 Å². The minimum absolute atomic E-state index is 0.0357. The summed E-state index contributed by atoms with van der Waals surface area (Å²) in [5.74, 6) is -0.0887. The Morgan fingerprint density at radius 2 is 2.00 bits per heavy atom. The van der Waals surface area contributed by atoms with Crippen molar-refractivity contribution in [2.75, 3.05) is 17.7 Å². The molecule has 1 aromatic carbocycles. The zero-order valence-corrected chi connectivity index (χ0v) is 23.6. The lowest BCUT2D eigenvalue weighted by molar-refractivity contribution is -0.149. The molecule has 1 saturated heterocycles. The molecule has 1 unspecified atom stereocenters. The van der Waals surface area contributed by atoms with Gasteiger partial charge in [0.15, 0.2) is 29.4 Å². The molecule has 14 nitrogen and oxygen atoms in total. The molecule has 2 aromatic heterocycles. The number of para-hydroxylation sites is 1. The van der Waals surface area contributed by atoms with Gasteiger partial charge < -0.3 is 30.2 Å². The second kappa shape index (κ2) is 11.9. The van der Waals surface area contributed by atoms with Crippen LogP contribution in [0, 0.1) is 0 Å². The van der Waals surface area contributed by atoms with Crippen LogP contribution in [-0.4, -0.2) is 73.8 Å². The molecule has 0 amide bonds. The van der Waals surface area contributed by atoms with Gasteiger partial charge in [0.25, 0.3) is 0 Å². The minimum Gasteiger partial charge on any atom is -0.462 e. The second-order valence-electron chi connectivity index (χ2n) is 10.2. The Hall–Kier alpha value is -3.36. The van der Waals surface area contributed by atoms with Crippen molar-refractivity contribution in [3.63, 3.8) is 0 Å². The molecule has 222 valence electrons. The van der Waals surface area contributed by atoms with E-state index in [4.69, 9.17) is 24.3 Å². The van der Waals surface area contributed by atoms with Crippen LogP contribution in [-0.2, 0) is 23.4 Å². The van der Waals surface area contributed by atoms with Crippen LogP contribution in [0.25, 0.3) is 11.2 Å². The van der Waals surface area contributed by atoms with E-state index in [1.54, 1.807) is 44.2 Å². The van der Waals surface area contributed by atoms with Gasteiger partial charge in [0.1, 0.15) is 24.0 Å². The SMILES string of the molecule is CC(C)OC(=O)[C@H](C)NP(=O)(OC[C@H]1O[C@@H](n2cnc3c(NC4CC4)nc(N)nc32)[C@@H](F)[C@@H]1O)Oc1ccccc1. The van der Waals surface area contributed by atoms with Gasteiger partial charge in [-0.1, -0.05) is 18.2 Å². The van der Waals surface area contributed by atoms with E-state index in [9.17, 15) is 14.5 Å². The first-order valence-corrected chi connectivity index (χ1v) is 14.8. The van der Waals surface area contributed by atoms with Gasteiger partial charge in [-0.25, -0.2) is 13.9 Å². The lowest BCUT2D eigenvalue weighted by Gasteiger charge is -2.25. The molecule has 6 atom stereocenters. The molecule has 16 heteroatoms. The molecule has 5 rings (SSSR count). The van der Waals surface area contributed by atoms with Crippen LogP contribution in [0.3, 0.4) is 0 Å². The molecule has 1 aliphatic carbocycles. The number of carbonyl (C=O) groups excluding carboxylic acids is 1. The quantitative estimate of drug-likeness (QED) is 0.178. The number of fused-ring (bicyclic) bond motifs is 1. The topological polar surface area (TPSA) is 185 Å². The van der Waals surface area contributed by atoms with Crippen LogP contribution >= 0.6 is 7.75 Å². The molecule has 1 aliphatic heterocycles. The van der Waals surface area contributed by atoms with E-state index < -0.39 is 57.1 Å². The molecule has 41 heavy (non-hydrogen) atoms. The smallest absolute Gasteiger partial charge is 0.459 e. The minimum atomic E-state index is -4.26. The Bertz CT molecular complexity index is 1420. The monoisotopic (exact) mass is 593 g/mol. The number of carbonyl (C=O) groups is 1. The van der Waals surface area contributed by atoms with Crippen molar-refractivity contribution < 1.29 is 37.4 Å². The van der Waals surface area contributed by atoms with Crippen molar-refractivity contribution in [1.29, 1.82) is 0 Å². The Morgan fingerprint density at radius 3 is 2.68 bits per heavy atom. The third-order valence-electron chi connectivity index (χ3n) is 6.36. The predicted molar refractivity (Wildman–Crippen MR) is 146 cm³/mol. The summed E-state index contributed by atoms with van der Waals surface area (Å²) < 4.78 is 52.6. The number of ether oxygens (including phenoxy) is 2. The Morgan fingerprint density at radius 1 is 1.27 bits per heavy atom. The Kier molecular flexibility index (Phi) is 8.43. The highest BCUT2D eigenvalue weighted by atomic mass is 31.2. The fourth-order valence-electron chi connectivity index (χ4n) is 4.21. The zero-order chi connectivity index (χ0) is 29.3. The van der Waals surface area contributed by atoms with Crippen molar-refractivity contribution >= 4 is 36.6 Å². The van der Waals surface area contributed by atoms with Crippen molar-refractivity contribution in [3.05, 3.63) is 36.7 Å². The molecule has 2 aliphatic rings. The maximum atomic E-state index is 15.4. The highest BCUT2D eigenvalue weighted by molar-refractivity contribution is 7.52. The Balaban J connectivity index is 1.32. The van der Waals surface area contributed by atoms with E-state index in [-0.39, 0.29) is 23.4 Å². The van der Waals surface area contributed by atoms with E-state index in [0.717, 1.165) is 12.8 Å². The molecule has 5 N–H and O–H groups in total. The number of nitrogens with two attached hydrogens (primary N) is 1. The zero-order valence-electron chi connectivity index (χ0n) is 22.7. The van der Waals surface area contributed by atoms with E-state index in [2.05, 4.69) is 25.4 Å². The maximum absolute atomic E-state index is 15.4.